The number of carbonyl (C=O) groups excluding carboxylic acids is 7. The number of hydrogen-bond donors (Lipinski definition) is 4. The van der Waals surface area contributed by atoms with E-state index in [9.17, 15) is 46.3 Å². The van der Waals surface area contributed by atoms with E-state index in [0.717, 1.165) is 39.0 Å². The first-order valence-electron chi connectivity index (χ1n) is 21.6. The molecule has 0 aromatic heterocycles. The summed E-state index contributed by atoms with van der Waals surface area (Å²) in [5.41, 5.74) is 4.50. The largest absolute Gasteiger partial charge is 0.444 e. The average Bonchev–Trinajstić information content (AvgIpc) is 3.41. The number of Topliss-reactive ketones (excluding diaryl/α,β-unsaturated/α-hetero) is 1. The molecule has 1 aliphatic heterocycles. The fraction of sp³-hybridized carbons (Fsp3) is 0.750. The SMILES string of the molecule is CC.CC(=O)C=O.CC(CCC(F)F)NC(=O)C1C[C@@H](CC(C)(F)F)CN1C(=O)C(NC(=O)OC(C)(C)C)C1CCCCC1.CN(C)C(=O)C(NC(=O)CN)C1C=CC=CCC1. The zero-order chi connectivity index (χ0) is 47.8. The van der Waals surface area contributed by atoms with Gasteiger partial charge in [-0.15, -0.1) is 0 Å². The van der Waals surface area contributed by atoms with Gasteiger partial charge in [-0.1, -0.05) is 57.4 Å². The van der Waals surface area contributed by atoms with Crippen LogP contribution in [0.1, 0.15) is 126 Å². The molecule has 0 radical (unpaired) electrons. The second-order valence-corrected chi connectivity index (χ2v) is 17.0. The summed E-state index contributed by atoms with van der Waals surface area (Å²) < 4.78 is 58.3. The van der Waals surface area contributed by atoms with Crippen molar-refractivity contribution in [2.24, 2.45) is 23.5 Å². The zero-order valence-electron chi connectivity index (χ0n) is 38.4. The van der Waals surface area contributed by atoms with Crippen molar-refractivity contribution in [3.8, 4) is 0 Å². The molecule has 1 saturated heterocycles. The molecule has 1 saturated carbocycles. The zero-order valence-corrected chi connectivity index (χ0v) is 38.4. The molecule has 6 atom stereocenters. The van der Waals surface area contributed by atoms with Crippen LogP contribution in [0.2, 0.25) is 0 Å². The predicted molar refractivity (Wildman–Crippen MR) is 230 cm³/mol. The fourth-order valence-electron chi connectivity index (χ4n) is 7.23. The van der Waals surface area contributed by atoms with Crippen LogP contribution >= 0.6 is 0 Å². The van der Waals surface area contributed by atoms with Crippen molar-refractivity contribution >= 4 is 41.8 Å². The monoisotopic (exact) mass is 891 g/mol. The van der Waals surface area contributed by atoms with Crippen LogP contribution in [0.5, 0.6) is 0 Å². The molecule has 0 bridgehead atoms. The topological polar surface area (TPSA) is 197 Å². The van der Waals surface area contributed by atoms with Crippen LogP contribution in [0.15, 0.2) is 24.3 Å². The highest BCUT2D eigenvalue weighted by Crippen LogP contribution is 2.35. The van der Waals surface area contributed by atoms with E-state index >= 15 is 0 Å². The Hall–Kier alpha value is -4.35. The van der Waals surface area contributed by atoms with Crippen LogP contribution in [0.3, 0.4) is 0 Å². The number of carbonyl (C=O) groups is 7. The minimum Gasteiger partial charge on any atom is -0.444 e. The second-order valence-electron chi connectivity index (χ2n) is 17.0. The highest BCUT2D eigenvalue weighted by Gasteiger charge is 2.46. The molecule has 2 aliphatic carbocycles. The number of allylic oxidation sites excluding steroid dienone is 3. The van der Waals surface area contributed by atoms with Crippen molar-refractivity contribution in [1.29, 1.82) is 0 Å². The van der Waals surface area contributed by atoms with Crippen molar-refractivity contribution in [3.05, 3.63) is 24.3 Å². The van der Waals surface area contributed by atoms with Gasteiger partial charge in [0, 0.05) is 52.4 Å². The van der Waals surface area contributed by atoms with Crippen molar-refractivity contribution < 1.29 is 55.9 Å². The maximum absolute atomic E-state index is 13.9. The first kappa shape index (κ1) is 57.6. The van der Waals surface area contributed by atoms with Crippen LogP contribution in [-0.4, -0.2) is 121 Å². The lowest BCUT2D eigenvalue weighted by Crippen LogP contribution is -2.57. The normalized spacial score (nSPS) is 20.2. The Bertz CT molecular complexity index is 1480. The third-order valence-electron chi connectivity index (χ3n) is 9.96. The summed E-state index contributed by atoms with van der Waals surface area (Å²) in [5, 5.41) is 8.08. The molecule has 0 spiro atoms. The second kappa shape index (κ2) is 29.1. The van der Waals surface area contributed by atoms with E-state index in [1.165, 1.54) is 16.7 Å². The molecule has 5 N–H and O–H groups in total. The summed E-state index contributed by atoms with van der Waals surface area (Å²) in [4.78, 5) is 84.6. The highest BCUT2D eigenvalue weighted by molar-refractivity contribution is 6.23. The van der Waals surface area contributed by atoms with Gasteiger partial charge < -0.3 is 36.2 Å². The number of rotatable bonds is 15. The number of hydrogen-bond acceptors (Lipinski definition) is 9. The molecule has 5 unspecified atom stereocenters. The van der Waals surface area contributed by atoms with Gasteiger partial charge in [-0.3, -0.25) is 28.8 Å². The van der Waals surface area contributed by atoms with Gasteiger partial charge in [-0.25, -0.2) is 22.4 Å². The lowest BCUT2D eigenvalue weighted by molar-refractivity contribution is -0.141. The molecule has 5 amide bonds. The molecule has 0 aromatic carbocycles. The quantitative estimate of drug-likeness (QED) is 0.0852. The van der Waals surface area contributed by atoms with Gasteiger partial charge in [0.25, 0.3) is 0 Å². The summed E-state index contributed by atoms with van der Waals surface area (Å²) in [7, 11) is 3.37. The molecular weight excluding hydrogens is 817 g/mol. The number of alkyl halides is 4. The standard InChI is InChI=1S/C26H43F4N3O4.C13H21N3O2.C3H4O2.C2H6/c1-16(11-12-20(27)28)31-22(34)19-13-17(14-26(5,29)30)15-33(19)23(35)21(18-9-7-6-8-10-18)32-24(36)37-25(2,3)4;1-16(2)13(18)12(15-11(17)9-14)10-7-5-3-4-6-8-10;1-3(5)2-4;1-2/h16-21H,6-15H2,1-5H3,(H,31,34)(H,32,36);3-5,7,10,12H,6,8-9,14H2,1-2H3,(H,15,17);2H,1H3;1-2H3/t16?,17-,19?,21?;;;/m0.../s1. The minimum atomic E-state index is -2.98. The molecule has 62 heavy (non-hydrogen) atoms. The smallest absolute Gasteiger partial charge is 0.408 e. The van der Waals surface area contributed by atoms with E-state index in [4.69, 9.17) is 15.3 Å². The van der Waals surface area contributed by atoms with Crippen LogP contribution in [0.25, 0.3) is 0 Å². The van der Waals surface area contributed by atoms with Crippen molar-refractivity contribution in [3.63, 3.8) is 0 Å². The number of nitrogens with one attached hydrogen (secondary N) is 3. The molecule has 14 nitrogen and oxygen atoms in total. The number of aldehydes is 1. The third-order valence-corrected chi connectivity index (χ3v) is 9.96. The Balaban J connectivity index is 0.00000123. The Labute approximate surface area is 365 Å². The van der Waals surface area contributed by atoms with E-state index in [1.54, 1.807) is 41.8 Å². The van der Waals surface area contributed by atoms with E-state index in [-0.39, 0.29) is 62.3 Å². The lowest BCUT2D eigenvalue weighted by Gasteiger charge is -2.35. The maximum atomic E-state index is 13.9. The Morgan fingerprint density at radius 3 is 2.02 bits per heavy atom. The molecule has 0 aromatic rings. The van der Waals surface area contributed by atoms with Gasteiger partial charge in [0.05, 0.1) is 6.54 Å². The highest BCUT2D eigenvalue weighted by atomic mass is 19.3. The van der Waals surface area contributed by atoms with Gasteiger partial charge in [-0.05, 0) is 85.0 Å². The van der Waals surface area contributed by atoms with E-state index in [1.807, 2.05) is 32.1 Å². The third kappa shape index (κ3) is 23.8. The van der Waals surface area contributed by atoms with Gasteiger partial charge >= 0.3 is 6.09 Å². The van der Waals surface area contributed by atoms with E-state index in [2.05, 4.69) is 22.0 Å². The molecule has 1 heterocycles. The molecule has 18 heteroatoms. The number of alkyl carbamates (subject to hydrolysis) is 1. The first-order valence-corrected chi connectivity index (χ1v) is 21.6. The van der Waals surface area contributed by atoms with Gasteiger partial charge in [-0.2, -0.15) is 0 Å². The molecule has 3 aliphatic rings. The lowest BCUT2D eigenvalue weighted by atomic mass is 9.83. The van der Waals surface area contributed by atoms with Gasteiger partial charge in [0.15, 0.2) is 12.1 Å². The molecule has 3 rings (SSSR count). The number of likely N-dealkylation sites (tertiary alicyclic amines) is 1. The Morgan fingerprint density at radius 1 is 0.919 bits per heavy atom. The van der Waals surface area contributed by atoms with E-state index in [0.29, 0.717) is 12.8 Å². The van der Waals surface area contributed by atoms with Crippen molar-refractivity contribution in [2.75, 3.05) is 27.2 Å². The number of amides is 5. The molecule has 2 fully saturated rings. The maximum Gasteiger partial charge on any atom is 0.408 e. The van der Waals surface area contributed by atoms with E-state index < -0.39 is 78.1 Å². The van der Waals surface area contributed by atoms with Crippen molar-refractivity contribution in [2.45, 2.75) is 168 Å². The Kier molecular flexibility index (Phi) is 27.1. The summed E-state index contributed by atoms with van der Waals surface area (Å²) in [6.45, 7) is 12.6. The number of likely N-dealkylation sites (N-methyl/N-ethyl adjacent to an activating group) is 1. The number of nitrogens with two attached hydrogens (primary N) is 1. The summed E-state index contributed by atoms with van der Waals surface area (Å²) in [5.74, 6) is -5.66. The fourth-order valence-corrected chi connectivity index (χ4v) is 7.23. The van der Waals surface area contributed by atoms with Crippen LogP contribution in [0, 0.1) is 17.8 Å². The average molecular weight is 891 g/mol. The Morgan fingerprint density at radius 2 is 1.52 bits per heavy atom. The van der Waals surface area contributed by atoms with Crippen LogP contribution in [0.4, 0.5) is 22.4 Å². The molecule has 356 valence electrons. The summed E-state index contributed by atoms with van der Waals surface area (Å²) in [6.07, 6.45) is 10.1. The number of nitrogens with zero attached hydrogens (tertiary/aromatic N) is 2. The predicted octanol–water partition coefficient (Wildman–Crippen LogP) is 6.11. The van der Waals surface area contributed by atoms with Crippen LogP contribution < -0.4 is 21.7 Å². The summed E-state index contributed by atoms with van der Waals surface area (Å²) >= 11 is 0. The van der Waals surface area contributed by atoms with Gasteiger partial charge in [0.2, 0.25) is 36.0 Å². The van der Waals surface area contributed by atoms with Crippen LogP contribution in [-0.2, 0) is 33.5 Å². The molecular formula is C44H74F4N6O8. The van der Waals surface area contributed by atoms with Gasteiger partial charge in [0.1, 0.15) is 23.7 Å². The number of ketones is 1. The first-order chi connectivity index (χ1) is 28.9. The minimum absolute atomic E-state index is 0.00500. The van der Waals surface area contributed by atoms with Crippen molar-refractivity contribution in [1.82, 2.24) is 25.8 Å². The number of halogens is 4. The number of ether oxygens (including phenoxy) is 1. The summed E-state index contributed by atoms with van der Waals surface area (Å²) in [6, 6.07) is -3.09.